The van der Waals surface area contributed by atoms with E-state index >= 15 is 0 Å². The van der Waals surface area contributed by atoms with Gasteiger partial charge in [-0.25, -0.2) is 14.8 Å². The first-order valence-corrected chi connectivity index (χ1v) is 8.88. The first kappa shape index (κ1) is 19.2. The average molecular weight is 375 g/mol. The monoisotopic (exact) mass is 374 g/mol. The average Bonchev–Trinajstić information content (AvgIpc) is 2.49. The Labute approximate surface area is 152 Å². The minimum absolute atomic E-state index is 0.235. The molecule has 1 aliphatic rings. The lowest BCUT2D eigenvalue weighted by molar-refractivity contribution is 0.0198. The maximum atomic E-state index is 12.0. The van der Waals surface area contributed by atoms with Gasteiger partial charge in [0.1, 0.15) is 22.2 Å². The number of nitrogens with zero attached hydrogens (tertiary/aromatic N) is 3. The van der Waals surface area contributed by atoms with Gasteiger partial charge in [0.25, 0.3) is 0 Å². The number of carbonyl (C=O) groups is 1. The van der Waals surface area contributed by atoms with Crippen molar-refractivity contribution < 1.29 is 9.53 Å². The van der Waals surface area contributed by atoms with E-state index in [4.69, 9.17) is 27.9 Å². The summed E-state index contributed by atoms with van der Waals surface area (Å²) in [5.74, 6) is 0. The van der Waals surface area contributed by atoms with Gasteiger partial charge in [-0.3, -0.25) is 0 Å². The van der Waals surface area contributed by atoms with E-state index in [1.165, 1.54) is 6.33 Å². The molecular weight excluding hydrogens is 351 g/mol. The largest absolute Gasteiger partial charge is 0.444 e. The first-order valence-electron chi connectivity index (χ1n) is 8.12. The third kappa shape index (κ3) is 5.76. The Hall–Kier alpha value is -1.11. The van der Waals surface area contributed by atoms with Crippen LogP contribution in [-0.2, 0) is 11.2 Å². The third-order valence-corrected chi connectivity index (χ3v) is 4.45. The van der Waals surface area contributed by atoms with Crippen molar-refractivity contribution in [3.05, 3.63) is 22.2 Å². The molecule has 24 heavy (non-hydrogen) atoms. The van der Waals surface area contributed by atoms with Crippen LogP contribution >= 0.6 is 23.2 Å². The van der Waals surface area contributed by atoms with Gasteiger partial charge in [-0.1, -0.05) is 23.2 Å². The summed E-state index contributed by atoms with van der Waals surface area (Å²) in [4.78, 5) is 21.7. The molecular formula is C16H24Cl2N4O2. The van der Waals surface area contributed by atoms with Gasteiger partial charge in [0.15, 0.2) is 0 Å². The van der Waals surface area contributed by atoms with Gasteiger partial charge >= 0.3 is 6.09 Å². The topological polar surface area (TPSA) is 67.3 Å². The van der Waals surface area contributed by atoms with Crippen molar-refractivity contribution in [3.8, 4) is 0 Å². The first-order chi connectivity index (χ1) is 11.3. The minimum atomic E-state index is -0.456. The lowest BCUT2D eigenvalue weighted by atomic mass is 10.1. The third-order valence-electron chi connectivity index (χ3n) is 3.79. The SMILES string of the molecule is CC(C)(C)OC(=O)N1CCC(NCCc2c(Cl)ncnc2Cl)CC1. The quantitative estimate of drug-likeness (QED) is 0.818. The van der Waals surface area contributed by atoms with Crippen LogP contribution in [0.1, 0.15) is 39.2 Å². The molecule has 1 fully saturated rings. The maximum Gasteiger partial charge on any atom is 0.410 e. The molecule has 0 saturated carbocycles. The fourth-order valence-corrected chi connectivity index (χ4v) is 3.08. The maximum absolute atomic E-state index is 12.0. The number of amides is 1. The zero-order chi connectivity index (χ0) is 17.7. The molecule has 0 unspecified atom stereocenters. The molecule has 1 aromatic heterocycles. The van der Waals surface area contributed by atoms with E-state index in [-0.39, 0.29) is 6.09 Å². The number of hydrogen-bond acceptors (Lipinski definition) is 5. The number of hydrogen-bond donors (Lipinski definition) is 1. The molecule has 1 aromatic rings. The van der Waals surface area contributed by atoms with Crippen LogP contribution in [0.4, 0.5) is 4.79 Å². The Kier molecular flexibility index (Phi) is 6.66. The number of piperidine rings is 1. The van der Waals surface area contributed by atoms with Gasteiger partial charge in [0.05, 0.1) is 0 Å². The molecule has 8 heteroatoms. The second-order valence-electron chi connectivity index (χ2n) is 6.88. The van der Waals surface area contributed by atoms with E-state index in [0.717, 1.165) is 24.9 Å². The van der Waals surface area contributed by atoms with Crippen molar-refractivity contribution in [1.82, 2.24) is 20.2 Å². The van der Waals surface area contributed by atoms with E-state index in [1.807, 2.05) is 20.8 Å². The van der Waals surface area contributed by atoms with Gasteiger partial charge in [-0.05, 0) is 46.6 Å². The Bertz CT molecular complexity index is 549. The van der Waals surface area contributed by atoms with Crippen LogP contribution in [0.3, 0.4) is 0 Å². The lowest BCUT2D eigenvalue weighted by Gasteiger charge is -2.33. The van der Waals surface area contributed by atoms with Crippen molar-refractivity contribution in [2.75, 3.05) is 19.6 Å². The fourth-order valence-electron chi connectivity index (χ4n) is 2.57. The molecule has 0 atom stereocenters. The summed E-state index contributed by atoms with van der Waals surface area (Å²) in [7, 11) is 0. The summed E-state index contributed by atoms with van der Waals surface area (Å²) in [6, 6.07) is 0.367. The molecule has 1 saturated heterocycles. The summed E-state index contributed by atoms with van der Waals surface area (Å²) >= 11 is 12.1. The molecule has 6 nitrogen and oxygen atoms in total. The molecule has 0 radical (unpaired) electrons. The van der Waals surface area contributed by atoms with Crippen molar-refractivity contribution in [2.24, 2.45) is 0 Å². The molecule has 0 spiro atoms. The Morgan fingerprint density at radius 3 is 2.42 bits per heavy atom. The van der Waals surface area contributed by atoms with E-state index in [2.05, 4.69) is 15.3 Å². The van der Waals surface area contributed by atoms with E-state index in [9.17, 15) is 4.79 Å². The number of likely N-dealkylation sites (tertiary alicyclic amines) is 1. The van der Waals surface area contributed by atoms with Gasteiger partial charge in [0.2, 0.25) is 0 Å². The highest BCUT2D eigenvalue weighted by Crippen LogP contribution is 2.20. The summed E-state index contributed by atoms with van der Waals surface area (Å²) in [5.41, 5.74) is 0.308. The van der Waals surface area contributed by atoms with Crippen molar-refractivity contribution in [1.29, 1.82) is 0 Å². The van der Waals surface area contributed by atoms with Crippen LogP contribution in [0, 0.1) is 0 Å². The van der Waals surface area contributed by atoms with Crippen molar-refractivity contribution in [2.45, 2.75) is 51.7 Å². The fraction of sp³-hybridized carbons (Fsp3) is 0.688. The standard InChI is InChI=1S/C16H24Cl2N4O2/c1-16(2,3)24-15(23)22-8-5-11(6-9-22)19-7-4-12-13(17)20-10-21-14(12)18/h10-11,19H,4-9H2,1-3H3. The van der Waals surface area contributed by atoms with Crippen LogP contribution in [0.2, 0.25) is 10.3 Å². The number of ether oxygens (including phenoxy) is 1. The molecule has 0 aliphatic carbocycles. The number of carbonyl (C=O) groups excluding carboxylic acids is 1. The summed E-state index contributed by atoms with van der Waals surface area (Å²) in [6.07, 6.45) is 3.58. The van der Waals surface area contributed by atoms with Crippen molar-refractivity contribution in [3.63, 3.8) is 0 Å². The van der Waals surface area contributed by atoms with Crippen LogP contribution in [0.15, 0.2) is 6.33 Å². The second-order valence-corrected chi connectivity index (χ2v) is 7.60. The van der Waals surface area contributed by atoms with Gasteiger partial charge in [0, 0.05) is 24.7 Å². The van der Waals surface area contributed by atoms with Gasteiger partial charge in [-0.15, -0.1) is 0 Å². The van der Waals surface area contributed by atoms with E-state index in [0.29, 0.717) is 35.9 Å². The zero-order valence-electron chi connectivity index (χ0n) is 14.3. The van der Waals surface area contributed by atoms with Crippen LogP contribution < -0.4 is 5.32 Å². The number of halogens is 2. The van der Waals surface area contributed by atoms with Crippen LogP contribution in [0.5, 0.6) is 0 Å². The normalized spacial score (nSPS) is 16.3. The summed E-state index contributed by atoms with van der Waals surface area (Å²) < 4.78 is 5.40. The Balaban J connectivity index is 1.73. The Morgan fingerprint density at radius 2 is 1.88 bits per heavy atom. The molecule has 1 aliphatic heterocycles. The lowest BCUT2D eigenvalue weighted by Crippen LogP contribution is -2.46. The predicted octanol–water partition coefficient (Wildman–Crippen LogP) is 3.32. The second kappa shape index (κ2) is 8.32. The molecule has 1 N–H and O–H groups in total. The smallest absolute Gasteiger partial charge is 0.410 e. The molecule has 0 bridgehead atoms. The highest BCUT2D eigenvalue weighted by atomic mass is 35.5. The number of aromatic nitrogens is 2. The molecule has 134 valence electrons. The highest BCUT2D eigenvalue weighted by molar-refractivity contribution is 6.34. The van der Waals surface area contributed by atoms with Crippen molar-refractivity contribution >= 4 is 29.3 Å². The van der Waals surface area contributed by atoms with E-state index < -0.39 is 5.60 Å². The van der Waals surface area contributed by atoms with Crippen LogP contribution in [-0.4, -0.2) is 52.2 Å². The van der Waals surface area contributed by atoms with E-state index in [1.54, 1.807) is 4.90 Å². The highest BCUT2D eigenvalue weighted by Gasteiger charge is 2.26. The molecule has 2 heterocycles. The molecule has 0 aromatic carbocycles. The van der Waals surface area contributed by atoms with Crippen LogP contribution in [0.25, 0.3) is 0 Å². The molecule has 2 rings (SSSR count). The predicted molar refractivity (Wildman–Crippen MR) is 94.6 cm³/mol. The van der Waals surface area contributed by atoms with Gasteiger partial charge < -0.3 is 15.0 Å². The zero-order valence-corrected chi connectivity index (χ0v) is 15.8. The summed E-state index contributed by atoms with van der Waals surface area (Å²) in [6.45, 7) is 7.77. The Morgan fingerprint density at radius 1 is 1.29 bits per heavy atom. The van der Waals surface area contributed by atoms with Gasteiger partial charge in [-0.2, -0.15) is 0 Å². The minimum Gasteiger partial charge on any atom is -0.444 e. The number of rotatable bonds is 4. The summed E-state index contributed by atoms with van der Waals surface area (Å²) in [5, 5.41) is 4.28. The molecule has 1 amide bonds. The number of nitrogens with one attached hydrogen (secondary N) is 1.